The molecule has 7 heteroatoms. The molecule has 1 aromatic heterocycles. The summed E-state index contributed by atoms with van der Waals surface area (Å²) in [4.78, 5) is 10.7. The van der Waals surface area contributed by atoms with Crippen molar-refractivity contribution in [3.05, 3.63) is 42.2 Å². The van der Waals surface area contributed by atoms with Gasteiger partial charge in [-0.05, 0) is 36.2 Å². The van der Waals surface area contributed by atoms with Crippen LogP contribution in [0.25, 0.3) is 0 Å². The van der Waals surface area contributed by atoms with E-state index < -0.39 is 0 Å². The summed E-state index contributed by atoms with van der Waals surface area (Å²) < 4.78 is 11.1. The molecule has 144 valence electrons. The molecule has 1 saturated heterocycles. The summed E-state index contributed by atoms with van der Waals surface area (Å²) in [6, 6.07) is 9.80. The Morgan fingerprint density at radius 3 is 2.78 bits per heavy atom. The van der Waals surface area contributed by atoms with Gasteiger partial charge in [-0.25, -0.2) is 9.97 Å². The Morgan fingerprint density at radius 1 is 1.19 bits per heavy atom. The number of morpholine rings is 1. The van der Waals surface area contributed by atoms with Gasteiger partial charge >= 0.3 is 0 Å². The van der Waals surface area contributed by atoms with Crippen LogP contribution in [0.5, 0.6) is 5.75 Å². The van der Waals surface area contributed by atoms with Gasteiger partial charge in [0.15, 0.2) is 5.82 Å². The number of hydrazone groups is 1. The summed E-state index contributed by atoms with van der Waals surface area (Å²) in [6.45, 7) is 6.08. The summed E-state index contributed by atoms with van der Waals surface area (Å²) in [7, 11) is 0. The van der Waals surface area contributed by atoms with Gasteiger partial charge in [-0.1, -0.05) is 19.8 Å². The number of ether oxygens (including phenoxy) is 2. The number of nitrogens with one attached hydrogen (secondary N) is 1. The second-order valence-electron chi connectivity index (χ2n) is 6.36. The first-order valence-corrected chi connectivity index (χ1v) is 9.52. The van der Waals surface area contributed by atoms with E-state index in [2.05, 4.69) is 32.3 Å². The SMILES string of the molecule is CCCCCOc1ccc(/C=N/Nc2cc(N3CCOCC3)ncn2)cc1. The van der Waals surface area contributed by atoms with Crippen LogP contribution >= 0.6 is 0 Å². The standard InChI is InChI=1S/C20H27N5O2/c1-2-3-4-11-27-18-7-5-17(6-8-18)15-23-24-19-14-20(22-16-21-19)25-9-12-26-13-10-25/h5-8,14-16H,2-4,9-13H2,1H3,(H,21,22,24)/b23-15+. The highest BCUT2D eigenvalue weighted by Crippen LogP contribution is 2.15. The number of unbranched alkanes of at least 4 members (excludes halogenated alkanes) is 2. The van der Waals surface area contributed by atoms with E-state index in [0.717, 1.165) is 56.5 Å². The van der Waals surface area contributed by atoms with Crippen LogP contribution in [0.3, 0.4) is 0 Å². The van der Waals surface area contributed by atoms with Gasteiger partial charge in [0.05, 0.1) is 26.0 Å². The Hall–Kier alpha value is -2.67. The summed E-state index contributed by atoms with van der Waals surface area (Å²) in [5.41, 5.74) is 3.96. The Kier molecular flexibility index (Phi) is 7.41. The molecule has 0 amide bonds. The average Bonchev–Trinajstić information content (AvgIpc) is 2.73. The molecule has 2 aromatic rings. The molecule has 0 radical (unpaired) electrons. The molecular weight excluding hydrogens is 342 g/mol. The van der Waals surface area contributed by atoms with E-state index in [9.17, 15) is 0 Å². The number of hydrogen-bond acceptors (Lipinski definition) is 7. The first kappa shape index (κ1) is 19.1. The molecular formula is C20H27N5O2. The van der Waals surface area contributed by atoms with Gasteiger partial charge < -0.3 is 14.4 Å². The van der Waals surface area contributed by atoms with Crippen molar-refractivity contribution in [3.63, 3.8) is 0 Å². The molecule has 0 unspecified atom stereocenters. The molecule has 1 aliphatic rings. The van der Waals surface area contributed by atoms with Gasteiger partial charge in [-0.2, -0.15) is 5.10 Å². The van der Waals surface area contributed by atoms with Gasteiger partial charge in [0.2, 0.25) is 0 Å². The van der Waals surface area contributed by atoms with E-state index in [0.29, 0.717) is 5.82 Å². The molecule has 0 saturated carbocycles. The minimum Gasteiger partial charge on any atom is -0.494 e. The fourth-order valence-corrected chi connectivity index (χ4v) is 2.74. The maximum atomic E-state index is 5.72. The number of nitrogens with zero attached hydrogens (tertiary/aromatic N) is 4. The zero-order chi connectivity index (χ0) is 18.7. The number of anilines is 2. The zero-order valence-corrected chi connectivity index (χ0v) is 15.8. The minimum absolute atomic E-state index is 0.665. The van der Waals surface area contributed by atoms with Crippen molar-refractivity contribution in [2.24, 2.45) is 5.10 Å². The lowest BCUT2D eigenvalue weighted by molar-refractivity contribution is 0.122. The maximum Gasteiger partial charge on any atom is 0.151 e. The fourth-order valence-electron chi connectivity index (χ4n) is 2.74. The second-order valence-corrected chi connectivity index (χ2v) is 6.36. The van der Waals surface area contributed by atoms with Gasteiger partial charge in [0.25, 0.3) is 0 Å². The van der Waals surface area contributed by atoms with Gasteiger partial charge in [0.1, 0.15) is 17.9 Å². The summed E-state index contributed by atoms with van der Waals surface area (Å²) in [5.74, 6) is 2.44. The van der Waals surface area contributed by atoms with Crippen LogP contribution in [0, 0.1) is 0 Å². The van der Waals surface area contributed by atoms with Gasteiger partial charge in [-0.3, -0.25) is 5.43 Å². The lowest BCUT2D eigenvalue weighted by atomic mass is 10.2. The zero-order valence-electron chi connectivity index (χ0n) is 15.8. The third-order valence-corrected chi connectivity index (χ3v) is 4.28. The van der Waals surface area contributed by atoms with E-state index in [-0.39, 0.29) is 0 Å². The molecule has 0 spiro atoms. The third kappa shape index (κ3) is 6.21. The van der Waals surface area contributed by atoms with Crippen molar-refractivity contribution in [1.29, 1.82) is 0 Å². The predicted molar refractivity (Wildman–Crippen MR) is 108 cm³/mol. The summed E-state index contributed by atoms with van der Waals surface area (Å²) in [5, 5.41) is 4.26. The van der Waals surface area contributed by atoms with E-state index in [4.69, 9.17) is 9.47 Å². The highest BCUT2D eigenvalue weighted by atomic mass is 16.5. The van der Waals surface area contributed by atoms with Crippen molar-refractivity contribution < 1.29 is 9.47 Å². The molecule has 0 aliphatic carbocycles. The second kappa shape index (κ2) is 10.5. The number of hydrogen-bond donors (Lipinski definition) is 1. The van der Waals surface area contributed by atoms with E-state index in [1.165, 1.54) is 12.8 Å². The van der Waals surface area contributed by atoms with Crippen LogP contribution in [0.4, 0.5) is 11.6 Å². The van der Waals surface area contributed by atoms with Crippen LogP contribution in [-0.4, -0.2) is 49.1 Å². The molecule has 1 N–H and O–H groups in total. The maximum absolute atomic E-state index is 5.72. The smallest absolute Gasteiger partial charge is 0.151 e. The molecule has 1 aliphatic heterocycles. The highest BCUT2D eigenvalue weighted by molar-refractivity contribution is 5.80. The van der Waals surface area contributed by atoms with Crippen LogP contribution in [-0.2, 0) is 4.74 Å². The van der Waals surface area contributed by atoms with Gasteiger partial charge in [-0.15, -0.1) is 0 Å². The average molecular weight is 369 g/mol. The lowest BCUT2D eigenvalue weighted by Crippen LogP contribution is -2.36. The predicted octanol–water partition coefficient (Wildman–Crippen LogP) is 3.33. The first-order chi connectivity index (χ1) is 13.3. The Labute approximate surface area is 160 Å². The highest BCUT2D eigenvalue weighted by Gasteiger charge is 2.12. The monoisotopic (exact) mass is 369 g/mol. The van der Waals surface area contributed by atoms with Crippen molar-refractivity contribution in [2.75, 3.05) is 43.2 Å². The number of rotatable bonds is 9. The van der Waals surface area contributed by atoms with Crippen LogP contribution in [0.15, 0.2) is 41.8 Å². The Morgan fingerprint density at radius 2 is 2.00 bits per heavy atom. The van der Waals surface area contributed by atoms with Crippen LogP contribution in [0.1, 0.15) is 31.7 Å². The molecule has 27 heavy (non-hydrogen) atoms. The largest absolute Gasteiger partial charge is 0.494 e. The molecule has 0 bridgehead atoms. The van der Waals surface area contributed by atoms with E-state index >= 15 is 0 Å². The normalized spacial score (nSPS) is 14.5. The Balaban J connectivity index is 1.50. The topological polar surface area (TPSA) is 71.9 Å². The fraction of sp³-hybridized carbons (Fsp3) is 0.450. The number of benzene rings is 1. The van der Waals surface area contributed by atoms with Crippen molar-refractivity contribution >= 4 is 17.9 Å². The van der Waals surface area contributed by atoms with Gasteiger partial charge in [0, 0.05) is 19.2 Å². The summed E-state index contributed by atoms with van der Waals surface area (Å²) in [6.07, 6.45) is 6.80. The first-order valence-electron chi connectivity index (χ1n) is 9.52. The van der Waals surface area contributed by atoms with Crippen LogP contribution < -0.4 is 15.1 Å². The molecule has 1 aromatic carbocycles. The quantitative estimate of drug-likeness (QED) is 0.415. The van der Waals surface area contributed by atoms with E-state index in [1.54, 1.807) is 12.5 Å². The van der Waals surface area contributed by atoms with Crippen LogP contribution in [0.2, 0.25) is 0 Å². The Bertz CT molecular complexity index is 715. The number of aromatic nitrogens is 2. The van der Waals surface area contributed by atoms with Crippen molar-refractivity contribution in [1.82, 2.24) is 9.97 Å². The molecule has 0 atom stereocenters. The molecule has 2 heterocycles. The van der Waals surface area contributed by atoms with Crippen molar-refractivity contribution in [2.45, 2.75) is 26.2 Å². The third-order valence-electron chi connectivity index (χ3n) is 4.28. The lowest BCUT2D eigenvalue weighted by Gasteiger charge is -2.27. The molecule has 1 fully saturated rings. The molecule has 7 nitrogen and oxygen atoms in total. The minimum atomic E-state index is 0.665. The molecule has 3 rings (SSSR count). The summed E-state index contributed by atoms with van der Waals surface area (Å²) >= 11 is 0. The van der Waals surface area contributed by atoms with E-state index in [1.807, 2.05) is 30.3 Å². The van der Waals surface area contributed by atoms with Crippen molar-refractivity contribution in [3.8, 4) is 5.75 Å².